The van der Waals surface area contributed by atoms with Gasteiger partial charge in [-0.25, -0.2) is 4.79 Å². The quantitative estimate of drug-likeness (QED) is 0.581. The van der Waals surface area contributed by atoms with Crippen LogP contribution in [0.3, 0.4) is 0 Å². The molecule has 2 aromatic rings. The van der Waals surface area contributed by atoms with Crippen molar-refractivity contribution in [1.29, 1.82) is 0 Å². The average molecular weight is 468 g/mol. The minimum absolute atomic E-state index is 0.195. The van der Waals surface area contributed by atoms with E-state index in [0.29, 0.717) is 31.8 Å². The Morgan fingerprint density at radius 2 is 1.88 bits per heavy atom. The second-order valence-corrected chi connectivity index (χ2v) is 10.7. The summed E-state index contributed by atoms with van der Waals surface area (Å²) in [5.74, 6) is 0.184. The smallest absolute Gasteiger partial charge is 0.325 e. The van der Waals surface area contributed by atoms with Gasteiger partial charge in [-0.15, -0.1) is 11.3 Å². The van der Waals surface area contributed by atoms with E-state index in [9.17, 15) is 14.4 Å². The van der Waals surface area contributed by atoms with Crippen molar-refractivity contribution in [2.75, 3.05) is 13.1 Å². The third-order valence-electron chi connectivity index (χ3n) is 7.08. The molecule has 2 heterocycles. The zero-order valence-corrected chi connectivity index (χ0v) is 20.3. The summed E-state index contributed by atoms with van der Waals surface area (Å²) < 4.78 is 0. The lowest BCUT2D eigenvalue weighted by Gasteiger charge is -2.34. The highest BCUT2D eigenvalue weighted by atomic mass is 32.1. The van der Waals surface area contributed by atoms with Gasteiger partial charge in [-0.2, -0.15) is 0 Å². The third kappa shape index (κ3) is 5.29. The van der Waals surface area contributed by atoms with E-state index in [1.807, 2.05) is 49.4 Å². The normalized spacial score (nSPS) is 22.6. The van der Waals surface area contributed by atoms with Crippen molar-refractivity contribution < 1.29 is 14.4 Å². The molecule has 1 aromatic heterocycles. The maximum Gasteiger partial charge on any atom is 0.325 e. The Morgan fingerprint density at radius 1 is 1.15 bits per heavy atom. The number of nitrogens with one attached hydrogen (secondary N) is 1. The first kappa shape index (κ1) is 23.5. The number of nitrogens with zero attached hydrogens (tertiary/aromatic N) is 2. The molecular weight excluding hydrogens is 434 g/mol. The van der Waals surface area contributed by atoms with Crippen LogP contribution in [0.4, 0.5) is 4.79 Å². The molecule has 33 heavy (non-hydrogen) atoms. The minimum atomic E-state index is -0.817. The highest BCUT2D eigenvalue weighted by Crippen LogP contribution is 2.37. The fourth-order valence-corrected chi connectivity index (χ4v) is 5.84. The van der Waals surface area contributed by atoms with Gasteiger partial charge in [0, 0.05) is 16.3 Å². The highest BCUT2D eigenvalue weighted by Gasteiger charge is 2.52. The van der Waals surface area contributed by atoms with Crippen molar-refractivity contribution in [3.63, 3.8) is 0 Å². The zero-order valence-electron chi connectivity index (χ0n) is 19.5. The summed E-state index contributed by atoms with van der Waals surface area (Å²) in [5, 5.41) is 2.94. The van der Waals surface area contributed by atoms with Crippen molar-refractivity contribution in [2.45, 2.75) is 64.5 Å². The van der Waals surface area contributed by atoms with E-state index in [1.54, 1.807) is 16.2 Å². The summed E-state index contributed by atoms with van der Waals surface area (Å²) in [7, 11) is 0. The van der Waals surface area contributed by atoms with E-state index in [-0.39, 0.29) is 18.4 Å². The SMILES string of the molecule is CCC1CCC2(CC1)NC(=O)N(CC(=O)N(CCc1ccccc1)Cc1ccc(C)s1)C2=O. The first-order valence-electron chi connectivity index (χ1n) is 11.9. The number of rotatable bonds is 8. The number of imide groups is 1. The van der Waals surface area contributed by atoms with Gasteiger partial charge < -0.3 is 10.2 Å². The summed E-state index contributed by atoms with van der Waals surface area (Å²) in [6.45, 7) is 5.03. The van der Waals surface area contributed by atoms with Crippen LogP contribution in [0.2, 0.25) is 0 Å². The molecule has 1 aliphatic carbocycles. The summed E-state index contributed by atoms with van der Waals surface area (Å²) >= 11 is 1.67. The van der Waals surface area contributed by atoms with Crippen molar-refractivity contribution >= 4 is 29.2 Å². The minimum Gasteiger partial charge on any atom is -0.336 e. The Hall–Kier alpha value is -2.67. The predicted octanol–water partition coefficient (Wildman–Crippen LogP) is 4.52. The molecule has 0 atom stereocenters. The summed E-state index contributed by atoms with van der Waals surface area (Å²) in [6.07, 6.45) is 5.01. The number of hydrogen-bond acceptors (Lipinski definition) is 4. The summed E-state index contributed by atoms with van der Waals surface area (Å²) in [4.78, 5) is 44.6. The van der Waals surface area contributed by atoms with Crippen molar-refractivity contribution in [3.05, 3.63) is 57.8 Å². The third-order valence-corrected chi connectivity index (χ3v) is 8.07. The second-order valence-electron chi connectivity index (χ2n) is 9.32. The molecule has 1 aromatic carbocycles. The predicted molar refractivity (Wildman–Crippen MR) is 130 cm³/mol. The van der Waals surface area contributed by atoms with Crippen molar-refractivity contribution in [1.82, 2.24) is 15.1 Å². The van der Waals surface area contributed by atoms with Crippen molar-refractivity contribution in [3.8, 4) is 0 Å². The maximum atomic E-state index is 13.3. The molecule has 1 spiro atoms. The van der Waals surface area contributed by atoms with Crippen LogP contribution < -0.4 is 5.32 Å². The lowest BCUT2D eigenvalue weighted by atomic mass is 9.75. The van der Waals surface area contributed by atoms with Crippen LogP contribution >= 0.6 is 11.3 Å². The second kappa shape index (κ2) is 10.1. The monoisotopic (exact) mass is 467 g/mol. The average Bonchev–Trinajstić information content (AvgIpc) is 3.33. The number of urea groups is 1. The molecule has 7 heteroatoms. The fourth-order valence-electron chi connectivity index (χ4n) is 4.93. The topological polar surface area (TPSA) is 69.7 Å². The Labute approximate surface area is 200 Å². The van der Waals surface area contributed by atoms with E-state index in [0.717, 1.165) is 41.0 Å². The van der Waals surface area contributed by atoms with Crippen molar-refractivity contribution in [2.24, 2.45) is 5.92 Å². The van der Waals surface area contributed by atoms with E-state index in [4.69, 9.17) is 0 Å². The molecule has 2 fully saturated rings. The first-order chi connectivity index (χ1) is 15.9. The van der Waals surface area contributed by atoms with Gasteiger partial charge in [0.1, 0.15) is 12.1 Å². The number of carbonyl (C=O) groups is 3. The largest absolute Gasteiger partial charge is 0.336 e. The number of thiophene rings is 1. The van der Waals surface area contributed by atoms with E-state index in [1.165, 1.54) is 4.88 Å². The standard InChI is InChI=1S/C26H33N3O3S/c1-3-20-11-14-26(15-12-20)24(31)29(25(32)27-26)18-23(30)28(17-22-10-9-19(2)33-22)16-13-21-7-5-4-6-8-21/h4-10,20H,3,11-18H2,1-2H3,(H,27,32). The van der Waals surface area contributed by atoms with Crippen LogP contribution in [0.25, 0.3) is 0 Å². The molecule has 6 nitrogen and oxygen atoms in total. The maximum absolute atomic E-state index is 13.3. The van der Waals surface area contributed by atoms with Gasteiger partial charge in [-0.05, 0) is 62.6 Å². The van der Waals surface area contributed by atoms with Crippen LogP contribution in [-0.2, 0) is 22.6 Å². The van der Waals surface area contributed by atoms with Gasteiger partial charge in [0.2, 0.25) is 5.91 Å². The van der Waals surface area contributed by atoms with Crippen LogP contribution in [0.15, 0.2) is 42.5 Å². The van der Waals surface area contributed by atoms with Gasteiger partial charge in [-0.1, -0.05) is 43.7 Å². The molecule has 1 N–H and O–H groups in total. The number of amides is 4. The molecule has 2 aliphatic rings. The molecule has 1 saturated heterocycles. The summed E-state index contributed by atoms with van der Waals surface area (Å²) in [6, 6.07) is 13.7. The molecule has 1 aliphatic heterocycles. The Morgan fingerprint density at radius 3 is 2.52 bits per heavy atom. The molecule has 4 rings (SSSR count). The van der Waals surface area contributed by atoms with E-state index in [2.05, 4.69) is 12.2 Å². The van der Waals surface area contributed by atoms with Crippen LogP contribution in [-0.4, -0.2) is 46.3 Å². The Kier molecular flexibility index (Phi) is 7.17. The molecule has 4 amide bonds. The van der Waals surface area contributed by atoms with Crippen LogP contribution in [0.5, 0.6) is 0 Å². The molecule has 0 unspecified atom stereocenters. The lowest BCUT2D eigenvalue weighted by Crippen LogP contribution is -2.50. The van der Waals surface area contributed by atoms with Gasteiger partial charge >= 0.3 is 6.03 Å². The lowest BCUT2D eigenvalue weighted by molar-refractivity contribution is -0.140. The molecule has 0 bridgehead atoms. The Balaban J connectivity index is 1.45. The molecule has 176 valence electrons. The van der Waals surface area contributed by atoms with E-state index >= 15 is 0 Å². The first-order valence-corrected chi connectivity index (χ1v) is 12.7. The number of carbonyl (C=O) groups excluding carboxylic acids is 3. The Bertz CT molecular complexity index is 995. The number of hydrogen-bond donors (Lipinski definition) is 1. The summed E-state index contributed by atoms with van der Waals surface area (Å²) in [5.41, 5.74) is 0.335. The van der Waals surface area contributed by atoms with Gasteiger partial charge in [-0.3, -0.25) is 14.5 Å². The molecule has 1 saturated carbocycles. The highest BCUT2D eigenvalue weighted by molar-refractivity contribution is 7.11. The zero-order chi connectivity index (χ0) is 23.4. The van der Waals surface area contributed by atoms with Crippen LogP contribution in [0.1, 0.15) is 54.3 Å². The number of aryl methyl sites for hydroxylation is 1. The van der Waals surface area contributed by atoms with E-state index < -0.39 is 11.6 Å². The molecule has 0 radical (unpaired) electrons. The van der Waals surface area contributed by atoms with Gasteiger partial charge in [0.05, 0.1) is 6.54 Å². The van der Waals surface area contributed by atoms with Gasteiger partial charge in [0.15, 0.2) is 0 Å². The fraction of sp³-hybridized carbons (Fsp3) is 0.500. The molecular formula is C26H33N3O3S. The van der Waals surface area contributed by atoms with Gasteiger partial charge in [0.25, 0.3) is 5.91 Å². The van der Waals surface area contributed by atoms with Crippen LogP contribution in [0, 0.1) is 12.8 Å². The number of benzene rings is 1.